The normalized spacial score (nSPS) is 10.2. The molecular weight excluding hydrogens is 300 g/mol. The molecule has 0 fully saturated rings. The minimum Gasteiger partial charge on any atom is -0.318 e. The Morgan fingerprint density at radius 1 is 0.864 bits per heavy atom. The minimum atomic E-state index is -0.734. The summed E-state index contributed by atoms with van der Waals surface area (Å²) in [6.07, 6.45) is 0. The van der Waals surface area contributed by atoms with Crippen LogP contribution in [0.1, 0.15) is 16.7 Å². The van der Waals surface area contributed by atoms with Gasteiger partial charge in [-0.15, -0.1) is 0 Å². The summed E-state index contributed by atoms with van der Waals surface area (Å²) in [7, 11) is 0. The van der Waals surface area contributed by atoms with Gasteiger partial charge in [-0.3, -0.25) is 9.59 Å². The van der Waals surface area contributed by atoms with E-state index in [1.165, 1.54) is 0 Å². The lowest BCUT2D eigenvalue weighted by atomic mass is 10.1. The number of para-hydroxylation sites is 1. The molecule has 5 heteroatoms. The van der Waals surface area contributed by atoms with Crippen LogP contribution in [0.4, 0.5) is 11.4 Å². The summed E-state index contributed by atoms with van der Waals surface area (Å²) in [5.74, 6) is -1.45. The molecule has 0 saturated carbocycles. The number of aryl methyl sites for hydroxylation is 3. The fourth-order valence-electron chi connectivity index (χ4n) is 2.04. The van der Waals surface area contributed by atoms with Crippen LogP contribution >= 0.6 is 11.6 Å². The first-order valence-corrected chi connectivity index (χ1v) is 7.21. The van der Waals surface area contributed by atoms with E-state index in [9.17, 15) is 9.59 Å². The third-order valence-corrected chi connectivity index (χ3v) is 3.76. The van der Waals surface area contributed by atoms with Crippen LogP contribution in [0.25, 0.3) is 0 Å². The average Bonchev–Trinajstić information content (AvgIpc) is 2.46. The molecule has 0 bridgehead atoms. The average molecular weight is 317 g/mol. The van der Waals surface area contributed by atoms with E-state index >= 15 is 0 Å². The number of carbonyl (C=O) groups excluding carboxylic acids is 2. The van der Waals surface area contributed by atoms with Crippen molar-refractivity contribution in [1.82, 2.24) is 0 Å². The van der Waals surface area contributed by atoms with Crippen molar-refractivity contribution in [2.45, 2.75) is 20.8 Å². The van der Waals surface area contributed by atoms with E-state index in [0.29, 0.717) is 16.4 Å². The van der Waals surface area contributed by atoms with E-state index in [1.54, 1.807) is 18.2 Å². The lowest BCUT2D eigenvalue weighted by Gasteiger charge is -2.11. The van der Waals surface area contributed by atoms with Gasteiger partial charge >= 0.3 is 11.8 Å². The predicted molar refractivity (Wildman–Crippen MR) is 89.4 cm³/mol. The molecule has 0 aromatic heterocycles. The number of hydrogen-bond donors (Lipinski definition) is 2. The van der Waals surface area contributed by atoms with E-state index in [0.717, 1.165) is 16.7 Å². The standard InChI is InChI=1S/C17H17ClN2O2/c1-10-7-8-13(9-14(10)18)19-16(21)17(22)20-15-11(2)5-4-6-12(15)3/h4-9H,1-3H3,(H,19,21)(H,20,22). The van der Waals surface area contributed by atoms with E-state index in [4.69, 9.17) is 11.6 Å². The van der Waals surface area contributed by atoms with E-state index in [-0.39, 0.29) is 0 Å². The Morgan fingerprint density at radius 2 is 1.45 bits per heavy atom. The molecule has 22 heavy (non-hydrogen) atoms. The number of halogens is 1. The van der Waals surface area contributed by atoms with Crippen LogP contribution in [-0.2, 0) is 9.59 Å². The van der Waals surface area contributed by atoms with Gasteiger partial charge in [0.1, 0.15) is 0 Å². The second kappa shape index (κ2) is 6.62. The monoisotopic (exact) mass is 316 g/mol. The SMILES string of the molecule is Cc1ccc(NC(=O)C(=O)Nc2c(C)cccc2C)cc1Cl. The number of amides is 2. The molecule has 2 aromatic carbocycles. The van der Waals surface area contributed by atoms with Crippen LogP contribution in [0.3, 0.4) is 0 Å². The fourth-order valence-corrected chi connectivity index (χ4v) is 2.22. The van der Waals surface area contributed by atoms with Crippen LogP contribution in [-0.4, -0.2) is 11.8 Å². The van der Waals surface area contributed by atoms with Crippen LogP contribution < -0.4 is 10.6 Å². The van der Waals surface area contributed by atoms with Crippen molar-refractivity contribution < 1.29 is 9.59 Å². The lowest BCUT2D eigenvalue weighted by Crippen LogP contribution is -2.29. The summed E-state index contributed by atoms with van der Waals surface area (Å²) in [5.41, 5.74) is 3.85. The number of anilines is 2. The molecule has 114 valence electrons. The molecule has 0 heterocycles. The summed E-state index contributed by atoms with van der Waals surface area (Å²) in [5, 5.41) is 5.71. The van der Waals surface area contributed by atoms with Crippen LogP contribution in [0.2, 0.25) is 5.02 Å². The Morgan fingerprint density at radius 3 is 2.05 bits per heavy atom. The Labute approximate surface area is 134 Å². The van der Waals surface area contributed by atoms with Gasteiger partial charge in [-0.1, -0.05) is 35.9 Å². The van der Waals surface area contributed by atoms with Crippen molar-refractivity contribution >= 4 is 34.8 Å². The molecule has 0 aliphatic rings. The maximum Gasteiger partial charge on any atom is 0.314 e. The molecule has 0 radical (unpaired) electrons. The molecular formula is C17H17ClN2O2. The van der Waals surface area contributed by atoms with Gasteiger partial charge in [0.05, 0.1) is 0 Å². The summed E-state index contributed by atoms with van der Waals surface area (Å²) < 4.78 is 0. The number of nitrogens with one attached hydrogen (secondary N) is 2. The molecule has 2 N–H and O–H groups in total. The topological polar surface area (TPSA) is 58.2 Å². The molecule has 0 saturated heterocycles. The smallest absolute Gasteiger partial charge is 0.314 e. The zero-order chi connectivity index (χ0) is 16.3. The Balaban J connectivity index is 2.09. The zero-order valence-corrected chi connectivity index (χ0v) is 13.4. The molecule has 0 unspecified atom stereocenters. The van der Waals surface area contributed by atoms with Gasteiger partial charge in [-0.05, 0) is 49.6 Å². The third-order valence-electron chi connectivity index (χ3n) is 3.36. The zero-order valence-electron chi connectivity index (χ0n) is 12.7. The quantitative estimate of drug-likeness (QED) is 0.827. The highest BCUT2D eigenvalue weighted by atomic mass is 35.5. The highest BCUT2D eigenvalue weighted by Crippen LogP contribution is 2.21. The van der Waals surface area contributed by atoms with Gasteiger partial charge in [0.15, 0.2) is 0 Å². The molecule has 2 rings (SSSR count). The van der Waals surface area contributed by atoms with E-state index in [1.807, 2.05) is 39.0 Å². The van der Waals surface area contributed by atoms with Crippen molar-refractivity contribution in [3.05, 3.63) is 58.1 Å². The lowest BCUT2D eigenvalue weighted by molar-refractivity contribution is -0.133. The molecule has 0 aliphatic carbocycles. The Bertz CT molecular complexity index is 721. The Kier molecular flexibility index (Phi) is 4.83. The highest BCUT2D eigenvalue weighted by molar-refractivity contribution is 6.44. The number of carbonyl (C=O) groups is 2. The van der Waals surface area contributed by atoms with Crippen LogP contribution in [0.5, 0.6) is 0 Å². The number of hydrogen-bond acceptors (Lipinski definition) is 2. The second-order valence-electron chi connectivity index (χ2n) is 5.14. The first kappa shape index (κ1) is 16.0. The predicted octanol–water partition coefficient (Wildman–Crippen LogP) is 3.84. The van der Waals surface area contributed by atoms with Gasteiger partial charge in [0, 0.05) is 16.4 Å². The molecule has 4 nitrogen and oxygen atoms in total. The minimum absolute atomic E-state index is 0.484. The van der Waals surface area contributed by atoms with Crippen LogP contribution in [0, 0.1) is 20.8 Å². The first-order chi connectivity index (χ1) is 10.4. The molecule has 2 aromatic rings. The first-order valence-electron chi connectivity index (χ1n) is 6.83. The van der Waals surface area contributed by atoms with E-state index in [2.05, 4.69) is 10.6 Å². The number of benzene rings is 2. The Hall–Kier alpha value is -2.33. The molecule has 0 aliphatic heterocycles. The van der Waals surface area contributed by atoms with Gasteiger partial charge in [0.2, 0.25) is 0 Å². The number of rotatable bonds is 2. The fraction of sp³-hybridized carbons (Fsp3) is 0.176. The molecule has 0 spiro atoms. The maximum atomic E-state index is 12.0. The largest absolute Gasteiger partial charge is 0.318 e. The van der Waals surface area contributed by atoms with Crippen LogP contribution in [0.15, 0.2) is 36.4 Å². The summed E-state index contributed by atoms with van der Waals surface area (Å²) >= 11 is 6.00. The van der Waals surface area contributed by atoms with Crippen molar-refractivity contribution in [1.29, 1.82) is 0 Å². The molecule has 2 amide bonds. The van der Waals surface area contributed by atoms with Crippen molar-refractivity contribution in [2.75, 3.05) is 10.6 Å². The third kappa shape index (κ3) is 3.65. The van der Waals surface area contributed by atoms with Gasteiger partial charge in [-0.25, -0.2) is 0 Å². The van der Waals surface area contributed by atoms with Gasteiger partial charge < -0.3 is 10.6 Å². The van der Waals surface area contributed by atoms with Gasteiger partial charge in [-0.2, -0.15) is 0 Å². The summed E-state index contributed by atoms with van der Waals surface area (Å²) in [6.45, 7) is 5.61. The van der Waals surface area contributed by atoms with Crippen molar-refractivity contribution in [3.63, 3.8) is 0 Å². The van der Waals surface area contributed by atoms with Gasteiger partial charge in [0.25, 0.3) is 0 Å². The second-order valence-corrected chi connectivity index (χ2v) is 5.55. The summed E-state index contributed by atoms with van der Waals surface area (Å²) in [6, 6.07) is 10.7. The highest BCUT2D eigenvalue weighted by Gasteiger charge is 2.16. The van der Waals surface area contributed by atoms with Crippen molar-refractivity contribution in [2.24, 2.45) is 0 Å². The van der Waals surface area contributed by atoms with E-state index < -0.39 is 11.8 Å². The summed E-state index contributed by atoms with van der Waals surface area (Å²) in [4.78, 5) is 24.0. The van der Waals surface area contributed by atoms with Crippen molar-refractivity contribution in [3.8, 4) is 0 Å². The maximum absolute atomic E-state index is 12.0. The molecule has 0 atom stereocenters.